The number of thioether (sulfide) groups is 1. The Morgan fingerprint density at radius 3 is 2.17 bits per heavy atom. The van der Waals surface area contributed by atoms with E-state index >= 15 is 0 Å². The van der Waals surface area contributed by atoms with Crippen molar-refractivity contribution in [3.05, 3.63) is 71.3 Å². The van der Waals surface area contributed by atoms with Crippen LogP contribution in [0.15, 0.2) is 54.6 Å². The molecular weight excluding hydrogens is 398 g/mol. The number of ketones is 1. The Balaban J connectivity index is 1.76. The Hall–Kier alpha value is -3.37. The summed E-state index contributed by atoms with van der Waals surface area (Å²) in [5, 5.41) is 14.4. The maximum atomic E-state index is 12.1. The van der Waals surface area contributed by atoms with Crippen molar-refractivity contribution >= 4 is 40.0 Å². The van der Waals surface area contributed by atoms with Gasteiger partial charge in [-0.3, -0.25) is 14.4 Å². The van der Waals surface area contributed by atoms with Crippen LogP contribution in [-0.2, 0) is 4.79 Å². The molecular formula is C23H23N3O3S. The first kappa shape index (κ1) is 22.9. The van der Waals surface area contributed by atoms with E-state index in [1.165, 1.54) is 24.8 Å². The van der Waals surface area contributed by atoms with Gasteiger partial charge in [-0.15, -0.1) is 11.8 Å². The first-order valence-electron chi connectivity index (χ1n) is 9.38. The number of hydrogen-bond acceptors (Lipinski definition) is 5. The molecule has 0 atom stereocenters. The lowest BCUT2D eigenvalue weighted by molar-refractivity contribution is -0.116. The van der Waals surface area contributed by atoms with Crippen LogP contribution in [0.4, 0.5) is 5.69 Å². The Labute approximate surface area is 180 Å². The topological polar surface area (TPSA) is 99.1 Å². The Morgan fingerprint density at radius 2 is 1.60 bits per heavy atom. The molecule has 2 aromatic carbocycles. The molecule has 0 spiro atoms. The molecule has 0 bridgehead atoms. The second kappa shape index (κ2) is 11.6. The number of hydrogen-bond donors (Lipinski definition) is 2. The quantitative estimate of drug-likeness (QED) is 0.358. The zero-order valence-electron chi connectivity index (χ0n) is 16.9. The van der Waals surface area contributed by atoms with E-state index in [9.17, 15) is 14.4 Å². The Morgan fingerprint density at radius 1 is 1.00 bits per heavy atom. The van der Waals surface area contributed by atoms with E-state index in [2.05, 4.69) is 10.6 Å². The van der Waals surface area contributed by atoms with Crippen LogP contribution >= 0.6 is 11.8 Å². The van der Waals surface area contributed by atoms with Gasteiger partial charge in [-0.05, 0) is 49.4 Å². The standard InChI is InChI=1S/C23H23N3O3S/c1-16(27)17-5-7-19(8-6-17)23(29)25-15-3-4-22(28)26-20-11-9-18(10-12-20)21(30-2)13-14-24/h5-13H,3-4,15H2,1-2H3,(H,25,29)(H,26,28)/b21-13+. The third-order valence-electron chi connectivity index (χ3n) is 4.29. The van der Waals surface area contributed by atoms with Crippen LogP contribution in [0.2, 0.25) is 0 Å². The van der Waals surface area contributed by atoms with Crippen molar-refractivity contribution in [2.75, 3.05) is 18.1 Å². The van der Waals surface area contributed by atoms with Crippen molar-refractivity contribution in [2.24, 2.45) is 0 Å². The first-order valence-corrected chi connectivity index (χ1v) is 10.6. The molecule has 0 radical (unpaired) electrons. The number of carbonyl (C=O) groups is 3. The van der Waals surface area contributed by atoms with Crippen molar-refractivity contribution in [1.82, 2.24) is 5.32 Å². The molecule has 7 heteroatoms. The van der Waals surface area contributed by atoms with Gasteiger partial charge in [0.05, 0.1) is 6.07 Å². The molecule has 30 heavy (non-hydrogen) atoms. The number of carbonyl (C=O) groups excluding carboxylic acids is 3. The monoisotopic (exact) mass is 421 g/mol. The summed E-state index contributed by atoms with van der Waals surface area (Å²) in [6, 6.07) is 15.8. The predicted octanol–water partition coefficient (Wildman–Crippen LogP) is 4.27. The number of nitrogens with one attached hydrogen (secondary N) is 2. The van der Waals surface area contributed by atoms with Crippen molar-refractivity contribution < 1.29 is 14.4 Å². The van der Waals surface area contributed by atoms with Crippen LogP contribution in [0.5, 0.6) is 0 Å². The number of nitrogens with zero attached hydrogens (tertiary/aromatic N) is 1. The zero-order valence-corrected chi connectivity index (χ0v) is 17.7. The number of nitriles is 1. The van der Waals surface area contributed by atoms with Crippen molar-refractivity contribution in [1.29, 1.82) is 5.26 Å². The van der Waals surface area contributed by atoms with E-state index in [-0.39, 0.29) is 24.0 Å². The second-order valence-electron chi connectivity index (χ2n) is 6.46. The summed E-state index contributed by atoms with van der Waals surface area (Å²) in [6.07, 6.45) is 4.17. The van der Waals surface area contributed by atoms with Gasteiger partial charge in [0.25, 0.3) is 5.91 Å². The fraction of sp³-hybridized carbons (Fsp3) is 0.217. The largest absolute Gasteiger partial charge is 0.352 e. The van der Waals surface area contributed by atoms with Gasteiger partial charge in [-0.1, -0.05) is 24.3 Å². The minimum absolute atomic E-state index is 0.0501. The number of benzene rings is 2. The van der Waals surface area contributed by atoms with Gasteiger partial charge < -0.3 is 10.6 Å². The lowest BCUT2D eigenvalue weighted by Crippen LogP contribution is -2.25. The van der Waals surface area contributed by atoms with E-state index in [1.807, 2.05) is 24.5 Å². The molecule has 0 heterocycles. The predicted molar refractivity (Wildman–Crippen MR) is 120 cm³/mol. The highest BCUT2D eigenvalue weighted by Crippen LogP contribution is 2.25. The molecule has 0 aromatic heterocycles. The molecule has 6 nitrogen and oxygen atoms in total. The van der Waals surface area contributed by atoms with Gasteiger partial charge in [-0.25, -0.2) is 0 Å². The summed E-state index contributed by atoms with van der Waals surface area (Å²) >= 11 is 1.49. The van der Waals surface area contributed by atoms with E-state index in [0.29, 0.717) is 29.8 Å². The molecule has 2 N–H and O–H groups in total. The van der Waals surface area contributed by atoms with E-state index in [1.54, 1.807) is 36.4 Å². The molecule has 0 saturated heterocycles. The van der Waals surface area contributed by atoms with Gasteiger partial charge in [0, 0.05) is 40.8 Å². The molecule has 154 valence electrons. The molecule has 0 aliphatic heterocycles. The van der Waals surface area contributed by atoms with Gasteiger partial charge in [0.1, 0.15) is 0 Å². The normalized spacial score (nSPS) is 10.8. The molecule has 0 fully saturated rings. The highest BCUT2D eigenvalue weighted by molar-refractivity contribution is 8.07. The Kier molecular flexibility index (Phi) is 8.85. The van der Waals surface area contributed by atoms with Crippen molar-refractivity contribution in [3.8, 4) is 6.07 Å². The van der Waals surface area contributed by atoms with E-state index in [4.69, 9.17) is 5.26 Å². The number of allylic oxidation sites excluding steroid dienone is 1. The lowest BCUT2D eigenvalue weighted by Gasteiger charge is -2.08. The average Bonchev–Trinajstić information content (AvgIpc) is 2.75. The zero-order chi connectivity index (χ0) is 21.9. The van der Waals surface area contributed by atoms with Gasteiger partial charge >= 0.3 is 0 Å². The fourth-order valence-corrected chi connectivity index (χ4v) is 3.21. The average molecular weight is 422 g/mol. The van der Waals surface area contributed by atoms with Crippen LogP contribution in [0.25, 0.3) is 4.91 Å². The number of rotatable bonds is 9. The first-order chi connectivity index (χ1) is 14.4. The second-order valence-corrected chi connectivity index (χ2v) is 7.31. The van der Waals surface area contributed by atoms with E-state index < -0.39 is 0 Å². The van der Waals surface area contributed by atoms with Gasteiger partial charge in [0.2, 0.25) is 5.91 Å². The van der Waals surface area contributed by atoms with Crippen molar-refractivity contribution in [2.45, 2.75) is 19.8 Å². The molecule has 0 unspecified atom stereocenters. The summed E-state index contributed by atoms with van der Waals surface area (Å²) in [5.74, 6) is -0.428. The SMILES string of the molecule is CS/C(=C/C#N)c1ccc(NC(=O)CCCNC(=O)c2ccc(C(C)=O)cc2)cc1. The van der Waals surface area contributed by atoms with Crippen LogP contribution in [-0.4, -0.2) is 30.4 Å². The summed E-state index contributed by atoms with van der Waals surface area (Å²) in [5.41, 5.74) is 2.62. The molecule has 0 saturated carbocycles. The number of anilines is 1. The van der Waals surface area contributed by atoms with Crippen LogP contribution < -0.4 is 10.6 Å². The van der Waals surface area contributed by atoms with Crippen LogP contribution in [0, 0.1) is 11.3 Å². The molecule has 0 aliphatic rings. The van der Waals surface area contributed by atoms with Crippen molar-refractivity contribution in [3.63, 3.8) is 0 Å². The summed E-state index contributed by atoms with van der Waals surface area (Å²) in [4.78, 5) is 36.3. The molecule has 2 amide bonds. The minimum Gasteiger partial charge on any atom is -0.352 e. The maximum absolute atomic E-state index is 12.1. The maximum Gasteiger partial charge on any atom is 0.251 e. The lowest BCUT2D eigenvalue weighted by atomic mass is 10.1. The summed E-state index contributed by atoms with van der Waals surface area (Å²) in [6.45, 7) is 1.84. The summed E-state index contributed by atoms with van der Waals surface area (Å²) < 4.78 is 0. The van der Waals surface area contributed by atoms with E-state index in [0.717, 1.165) is 10.5 Å². The molecule has 0 aliphatic carbocycles. The summed E-state index contributed by atoms with van der Waals surface area (Å²) in [7, 11) is 0. The van der Waals surface area contributed by atoms with Gasteiger partial charge in [-0.2, -0.15) is 5.26 Å². The Bertz CT molecular complexity index is 974. The highest BCUT2D eigenvalue weighted by atomic mass is 32.2. The van der Waals surface area contributed by atoms with Crippen LogP contribution in [0.1, 0.15) is 46.0 Å². The van der Waals surface area contributed by atoms with Gasteiger partial charge in [0.15, 0.2) is 5.78 Å². The fourth-order valence-electron chi connectivity index (χ4n) is 2.67. The third-order valence-corrected chi connectivity index (χ3v) is 5.08. The minimum atomic E-state index is -0.240. The molecule has 2 rings (SSSR count). The molecule has 2 aromatic rings. The van der Waals surface area contributed by atoms with Crippen LogP contribution in [0.3, 0.4) is 0 Å². The smallest absolute Gasteiger partial charge is 0.251 e. The third kappa shape index (κ3) is 6.90. The number of Topliss-reactive ketones (excluding diaryl/α,β-unsaturated/α-hetero) is 1. The highest BCUT2D eigenvalue weighted by Gasteiger charge is 2.08. The number of amides is 2.